The molecule has 0 unspecified atom stereocenters. The van der Waals surface area contributed by atoms with Gasteiger partial charge in [0.15, 0.2) is 0 Å². The van der Waals surface area contributed by atoms with Crippen LogP contribution in [0.15, 0.2) is 34.7 Å². The fourth-order valence-electron chi connectivity index (χ4n) is 1.86. The van der Waals surface area contributed by atoms with Crippen molar-refractivity contribution in [1.82, 2.24) is 10.2 Å². The van der Waals surface area contributed by atoms with Gasteiger partial charge in [-0.25, -0.2) is 0 Å². The zero-order chi connectivity index (χ0) is 17.3. The summed E-state index contributed by atoms with van der Waals surface area (Å²) in [6.07, 6.45) is 0. The van der Waals surface area contributed by atoms with Gasteiger partial charge in [-0.05, 0) is 12.1 Å². The van der Waals surface area contributed by atoms with Crippen LogP contribution >= 0.6 is 34.5 Å². The first-order chi connectivity index (χ1) is 11.5. The van der Waals surface area contributed by atoms with Crippen molar-refractivity contribution in [2.24, 2.45) is 0 Å². The Morgan fingerprint density at radius 3 is 2.71 bits per heavy atom. The maximum absolute atomic E-state index is 12.2. The number of nitro benzene ring substituents is 1. The number of aromatic nitrogens is 2. The van der Waals surface area contributed by atoms with Crippen molar-refractivity contribution in [2.75, 3.05) is 5.32 Å². The minimum Gasteiger partial charge on any atom is -0.403 e. The van der Waals surface area contributed by atoms with Crippen LogP contribution in [0, 0.1) is 10.1 Å². The maximum atomic E-state index is 12.2. The second kappa shape index (κ2) is 6.56. The van der Waals surface area contributed by atoms with Gasteiger partial charge < -0.3 is 4.42 Å². The molecule has 0 fully saturated rings. The van der Waals surface area contributed by atoms with Crippen molar-refractivity contribution >= 4 is 52.1 Å². The zero-order valence-electron chi connectivity index (χ0n) is 11.5. The highest BCUT2D eigenvalue weighted by Gasteiger charge is 2.22. The number of para-hydroxylation sites is 1. The molecule has 0 aliphatic carbocycles. The number of anilines is 1. The standard InChI is InChI=1S/C13H6Cl2N4O4S/c14-9-5-7(10(15)24-9)12-17-18-13(23-12)16-11(20)6-3-1-2-4-8(6)19(21)22/h1-5H,(H,16,18,20). The molecule has 0 atom stereocenters. The van der Waals surface area contributed by atoms with Gasteiger partial charge in [0.2, 0.25) is 0 Å². The van der Waals surface area contributed by atoms with Crippen LogP contribution in [0.2, 0.25) is 8.67 Å². The number of halogens is 2. The van der Waals surface area contributed by atoms with Crippen molar-refractivity contribution in [1.29, 1.82) is 0 Å². The Morgan fingerprint density at radius 2 is 2.04 bits per heavy atom. The molecule has 0 spiro atoms. The van der Waals surface area contributed by atoms with E-state index in [1.807, 2.05) is 0 Å². The molecule has 3 rings (SSSR count). The van der Waals surface area contributed by atoms with Crippen LogP contribution in [0.5, 0.6) is 0 Å². The number of hydrogen-bond acceptors (Lipinski definition) is 7. The number of carbonyl (C=O) groups is 1. The second-order valence-corrected chi connectivity index (χ2v) is 6.66. The summed E-state index contributed by atoms with van der Waals surface area (Å²) in [5.74, 6) is -0.673. The van der Waals surface area contributed by atoms with Gasteiger partial charge >= 0.3 is 6.01 Å². The van der Waals surface area contributed by atoms with Crippen LogP contribution in [0.1, 0.15) is 10.4 Å². The summed E-state index contributed by atoms with van der Waals surface area (Å²) in [5.41, 5.74) is -0.0217. The summed E-state index contributed by atoms with van der Waals surface area (Å²) in [6.45, 7) is 0. The molecular weight excluding hydrogens is 379 g/mol. The smallest absolute Gasteiger partial charge is 0.322 e. The molecule has 2 aromatic heterocycles. The summed E-state index contributed by atoms with van der Waals surface area (Å²) in [4.78, 5) is 22.5. The number of rotatable bonds is 4. The number of nitro groups is 1. The molecule has 0 bridgehead atoms. The monoisotopic (exact) mass is 384 g/mol. The molecule has 0 radical (unpaired) electrons. The van der Waals surface area contributed by atoms with E-state index >= 15 is 0 Å². The summed E-state index contributed by atoms with van der Waals surface area (Å²) in [7, 11) is 0. The molecule has 0 aliphatic rings. The molecular formula is C13H6Cl2N4O4S. The normalized spacial score (nSPS) is 10.6. The van der Waals surface area contributed by atoms with Crippen molar-refractivity contribution in [3.05, 3.63) is 54.7 Å². The van der Waals surface area contributed by atoms with Gasteiger partial charge in [-0.3, -0.25) is 20.2 Å². The van der Waals surface area contributed by atoms with Crippen LogP contribution in [0.4, 0.5) is 11.7 Å². The Balaban J connectivity index is 1.84. The molecule has 0 aliphatic heterocycles. The van der Waals surface area contributed by atoms with E-state index in [-0.39, 0.29) is 23.2 Å². The Kier molecular flexibility index (Phi) is 4.47. The number of carbonyl (C=O) groups excluding carboxylic acids is 1. The van der Waals surface area contributed by atoms with Crippen molar-refractivity contribution in [3.8, 4) is 11.5 Å². The molecule has 8 nitrogen and oxygen atoms in total. The van der Waals surface area contributed by atoms with Crippen LogP contribution in [-0.2, 0) is 0 Å². The Labute approximate surface area is 148 Å². The van der Waals surface area contributed by atoms with Crippen molar-refractivity contribution in [2.45, 2.75) is 0 Å². The van der Waals surface area contributed by atoms with Gasteiger partial charge in [0.25, 0.3) is 17.5 Å². The van der Waals surface area contributed by atoms with E-state index in [9.17, 15) is 14.9 Å². The quantitative estimate of drug-likeness (QED) is 0.530. The van der Waals surface area contributed by atoms with Crippen molar-refractivity contribution in [3.63, 3.8) is 0 Å². The summed E-state index contributed by atoms with van der Waals surface area (Å²) in [5, 5.41) is 20.7. The average molecular weight is 385 g/mol. The summed E-state index contributed by atoms with van der Waals surface area (Å²) in [6, 6.07) is 6.85. The molecule has 3 aromatic rings. The lowest BCUT2D eigenvalue weighted by Crippen LogP contribution is -2.14. The number of benzene rings is 1. The lowest BCUT2D eigenvalue weighted by atomic mass is 10.1. The van der Waals surface area contributed by atoms with Crippen LogP contribution in [0.3, 0.4) is 0 Å². The van der Waals surface area contributed by atoms with Crippen LogP contribution in [0.25, 0.3) is 11.5 Å². The SMILES string of the molecule is O=C(Nc1nnc(-c2cc(Cl)sc2Cl)o1)c1ccccc1[N+](=O)[O-]. The van der Waals surface area contributed by atoms with E-state index < -0.39 is 10.8 Å². The predicted molar refractivity (Wildman–Crippen MR) is 88.7 cm³/mol. The van der Waals surface area contributed by atoms with E-state index in [1.165, 1.54) is 24.3 Å². The molecule has 122 valence electrons. The van der Waals surface area contributed by atoms with Crippen molar-refractivity contribution < 1.29 is 14.1 Å². The second-order valence-electron chi connectivity index (χ2n) is 4.38. The lowest BCUT2D eigenvalue weighted by Gasteiger charge is -2.01. The van der Waals surface area contributed by atoms with E-state index in [2.05, 4.69) is 15.5 Å². The number of thiophene rings is 1. The highest BCUT2D eigenvalue weighted by molar-refractivity contribution is 7.20. The molecule has 1 N–H and O–H groups in total. The fraction of sp³-hybridized carbons (Fsp3) is 0. The van der Waals surface area contributed by atoms with Gasteiger partial charge in [0.05, 0.1) is 14.8 Å². The first-order valence-electron chi connectivity index (χ1n) is 6.29. The van der Waals surface area contributed by atoms with E-state index in [0.717, 1.165) is 11.3 Å². The summed E-state index contributed by atoms with van der Waals surface area (Å²) < 4.78 is 6.10. The number of nitrogens with one attached hydrogen (secondary N) is 1. The Hall–Kier alpha value is -2.49. The third-order valence-electron chi connectivity index (χ3n) is 2.88. The van der Waals surface area contributed by atoms with Gasteiger partial charge in [0, 0.05) is 6.07 Å². The molecule has 2 heterocycles. The molecule has 0 saturated carbocycles. The largest absolute Gasteiger partial charge is 0.403 e. The highest BCUT2D eigenvalue weighted by atomic mass is 35.5. The molecule has 1 aromatic carbocycles. The van der Waals surface area contributed by atoms with E-state index in [4.69, 9.17) is 27.6 Å². The average Bonchev–Trinajstić information content (AvgIpc) is 3.13. The molecule has 0 saturated heterocycles. The molecule has 11 heteroatoms. The minimum atomic E-state index is -0.744. The first-order valence-corrected chi connectivity index (χ1v) is 7.86. The predicted octanol–water partition coefficient (Wildman–Crippen LogP) is 4.27. The third-order valence-corrected chi connectivity index (χ3v) is 4.37. The van der Waals surface area contributed by atoms with E-state index in [0.29, 0.717) is 14.2 Å². The number of amides is 1. The zero-order valence-corrected chi connectivity index (χ0v) is 13.9. The van der Waals surface area contributed by atoms with Gasteiger partial charge in [-0.15, -0.1) is 16.4 Å². The maximum Gasteiger partial charge on any atom is 0.322 e. The van der Waals surface area contributed by atoms with Gasteiger partial charge in [-0.1, -0.05) is 40.4 Å². The van der Waals surface area contributed by atoms with Crippen LogP contribution in [-0.4, -0.2) is 21.0 Å². The topological polar surface area (TPSA) is 111 Å². The van der Waals surface area contributed by atoms with E-state index in [1.54, 1.807) is 6.07 Å². The Bertz CT molecular complexity index is 940. The third kappa shape index (κ3) is 3.23. The fourth-order valence-corrected chi connectivity index (χ4v) is 3.31. The number of hydrogen-bond donors (Lipinski definition) is 1. The van der Waals surface area contributed by atoms with Crippen LogP contribution < -0.4 is 5.32 Å². The summed E-state index contributed by atoms with van der Waals surface area (Å²) >= 11 is 13.0. The Morgan fingerprint density at radius 1 is 1.29 bits per heavy atom. The lowest BCUT2D eigenvalue weighted by molar-refractivity contribution is -0.385. The minimum absolute atomic E-state index is 0.0704. The van der Waals surface area contributed by atoms with Gasteiger partial charge in [0.1, 0.15) is 9.90 Å². The molecule has 1 amide bonds. The highest BCUT2D eigenvalue weighted by Crippen LogP contribution is 2.37. The van der Waals surface area contributed by atoms with Gasteiger partial charge in [-0.2, -0.15) is 0 Å². The number of nitrogens with zero attached hydrogens (tertiary/aromatic N) is 3. The molecule has 24 heavy (non-hydrogen) atoms. The first kappa shape index (κ1) is 16.4.